The van der Waals surface area contributed by atoms with E-state index < -0.39 is 17.5 Å². The summed E-state index contributed by atoms with van der Waals surface area (Å²) in [6.07, 6.45) is 6.56. The van der Waals surface area contributed by atoms with E-state index >= 15 is 0 Å². The van der Waals surface area contributed by atoms with E-state index in [0.717, 1.165) is 6.20 Å². The number of imide groups is 1. The number of urea groups is 1. The number of piperidine rings is 1. The first-order valence-electron chi connectivity index (χ1n) is 8.89. The number of rotatable bonds is 3. The molecule has 144 valence electrons. The van der Waals surface area contributed by atoms with Crippen molar-refractivity contribution in [2.75, 3.05) is 13.1 Å². The van der Waals surface area contributed by atoms with Crippen molar-refractivity contribution in [3.05, 3.63) is 58.5 Å². The second-order valence-corrected chi connectivity index (χ2v) is 6.82. The highest BCUT2D eigenvalue weighted by atomic mass is 16.2. The van der Waals surface area contributed by atoms with Gasteiger partial charge in [0.25, 0.3) is 17.4 Å². The molecule has 0 radical (unpaired) electrons. The molecule has 0 saturated carbocycles. The van der Waals surface area contributed by atoms with Crippen LogP contribution in [0, 0.1) is 5.92 Å². The minimum absolute atomic E-state index is 0.159. The minimum Gasteiger partial charge on any atom is -0.337 e. The summed E-state index contributed by atoms with van der Waals surface area (Å²) < 4.78 is 0. The summed E-state index contributed by atoms with van der Waals surface area (Å²) in [5.41, 5.74) is -0.800. The lowest BCUT2D eigenvalue weighted by Crippen LogP contribution is -2.54. The first-order valence-corrected chi connectivity index (χ1v) is 8.89. The minimum atomic E-state index is -1.20. The smallest absolute Gasteiger partial charge is 0.322 e. The van der Waals surface area contributed by atoms with Crippen LogP contribution in [0.2, 0.25) is 0 Å². The van der Waals surface area contributed by atoms with Gasteiger partial charge in [-0.05, 0) is 24.8 Å². The second-order valence-electron chi connectivity index (χ2n) is 6.82. The maximum atomic E-state index is 12.7. The van der Waals surface area contributed by atoms with E-state index in [0.29, 0.717) is 31.5 Å². The maximum absolute atomic E-state index is 12.7. The van der Waals surface area contributed by atoms with Gasteiger partial charge in [0.2, 0.25) is 0 Å². The monoisotopic (exact) mass is 382 g/mol. The third-order valence-corrected chi connectivity index (χ3v) is 5.30. The number of aromatic nitrogens is 3. The molecule has 0 bridgehead atoms. The van der Waals surface area contributed by atoms with Gasteiger partial charge in [-0.15, -0.1) is 0 Å². The summed E-state index contributed by atoms with van der Waals surface area (Å²) in [6.45, 7) is 0.797. The molecule has 10 nitrogen and oxygen atoms in total. The van der Waals surface area contributed by atoms with Crippen LogP contribution in [-0.4, -0.2) is 50.8 Å². The summed E-state index contributed by atoms with van der Waals surface area (Å²) in [5, 5.41) is 5.12. The second kappa shape index (κ2) is 6.87. The van der Waals surface area contributed by atoms with E-state index in [9.17, 15) is 19.2 Å². The molecule has 4 heterocycles. The number of hydrogen-bond acceptors (Lipinski definition) is 6. The summed E-state index contributed by atoms with van der Waals surface area (Å²) in [7, 11) is 0. The van der Waals surface area contributed by atoms with E-state index in [1.807, 2.05) is 0 Å². The van der Waals surface area contributed by atoms with Crippen molar-refractivity contribution in [1.82, 2.24) is 30.5 Å². The van der Waals surface area contributed by atoms with Gasteiger partial charge < -0.3 is 15.2 Å². The fourth-order valence-electron chi connectivity index (χ4n) is 3.93. The van der Waals surface area contributed by atoms with Crippen LogP contribution in [0.1, 0.15) is 28.9 Å². The Labute approximate surface area is 159 Å². The Balaban J connectivity index is 1.55. The molecule has 2 aliphatic heterocycles. The van der Waals surface area contributed by atoms with Crippen LogP contribution in [0.5, 0.6) is 0 Å². The highest BCUT2D eigenvalue weighted by molar-refractivity contribution is 6.07. The Kier molecular flexibility index (Phi) is 4.38. The molecular formula is C18H18N6O4. The van der Waals surface area contributed by atoms with E-state index in [4.69, 9.17) is 0 Å². The molecule has 2 aromatic heterocycles. The fraction of sp³-hybridized carbons (Fsp3) is 0.333. The van der Waals surface area contributed by atoms with Gasteiger partial charge in [-0.2, -0.15) is 0 Å². The molecule has 2 aliphatic rings. The van der Waals surface area contributed by atoms with E-state index in [2.05, 4.69) is 25.6 Å². The molecule has 2 aromatic rings. The number of amides is 4. The molecule has 0 spiro atoms. The van der Waals surface area contributed by atoms with E-state index in [-0.39, 0.29) is 23.1 Å². The number of pyridine rings is 1. The zero-order valence-electron chi connectivity index (χ0n) is 14.8. The Morgan fingerprint density at radius 3 is 2.54 bits per heavy atom. The molecule has 4 amide bonds. The van der Waals surface area contributed by atoms with Crippen LogP contribution in [0.3, 0.4) is 0 Å². The van der Waals surface area contributed by atoms with Gasteiger partial charge in [0, 0.05) is 37.2 Å². The van der Waals surface area contributed by atoms with Crippen LogP contribution in [0.4, 0.5) is 4.79 Å². The van der Waals surface area contributed by atoms with Crippen LogP contribution in [0.25, 0.3) is 0 Å². The van der Waals surface area contributed by atoms with E-state index in [1.54, 1.807) is 29.4 Å². The number of H-pyrrole nitrogens is 1. The molecule has 2 saturated heterocycles. The summed E-state index contributed by atoms with van der Waals surface area (Å²) in [4.78, 5) is 60.4. The average Bonchev–Trinajstić information content (AvgIpc) is 3.03. The Bertz CT molecular complexity index is 963. The quantitative estimate of drug-likeness (QED) is 0.626. The van der Waals surface area contributed by atoms with Crippen LogP contribution < -0.4 is 16.2 Å². The first kappa shape index (κ1) is 17.8. The lowest BCUT2D eigenvalue weighted by Gasteiger charge is -2.40. The molecule has 1 atom stereocenters. The van der Waals surface area contributed by atoms with Crippen molar-refractivity contribution in [3.63, 3.8) is 0 Å². The summed E-state index contributed by atoms with van der Waals surface area (Å²) in [5.74, 6) is -0.890. The summed E-state index contributed by atoms with van der Waals surface area (Å²) >= 11 is 0. The third-order valence-electron chi connectivity index (χ3n) is 5.30. The molecule has 2 fully saturated rings. The number of aromatic amines is 1. The highest BCUT2D eigenvalue weighted by Gasteiger charge is 2.53. The molecule has 10 heteroatoms. The Morgan fingerprint density at radius 1 is 1.18 bits per heavy atom. The van der Waals surface area contributed by atoms with Crippen molar-refractivity contribution >= 4 is 17.8 Å². The van der Waals surface area contributed by atoms with Gasteiger partial charge in [0.1, 0.15) is 5.69 Å². The molecule has 0 aliphatic carbocycles. The number of carbonyl (C=O) groups is 3. The third kappa shape index (κ3) is 2.92. The van der Waals surface area contributed by atoms with Crippen molar-refractivity contribution in [3.8, 4) is 0 Å². The lowest BCUT2D eigenvalue weighted by atomic mass is 9.73. The van der Waals surface area contributed by atoms with Crippen molar-refractivity contribution in [2.45, 2.75) is 18.4 Å². The van der Waals surface area contributed by atoms with E-state index in [1.165, 1.54) is 6.20 Å². The fourth-order valence-corrected chi connectivity index (χ4v) is 3.93. The van der Waals surface area contributed by atoms with Crippen molar-refractivity contribution < 1.29 is 14.4 Å². The number of carbonyl (C=O) groups excluding carboxylic acids is 3. The molecule has 3 N–H and O–H groups in total. The Morgan fingerprint density at radius 2 is 1.96 bits per heavy atom. The predicted molar refractivity (Wildman–Crippen MR) is 96.1 cm³/mol. The number of likely N-dealkylation sites (tertiary alicyclic amines) is 1. The lowest BCUT2D eigenvalue weighted by molar-refractivity contribution is -0.127. The summed E-state index contributed by atoms with van der Waals surface area (Å²) in [6, 6.07) is 2.94. The van der Waals surface area contributed by atoms with Gasteiger partial charge in [-0.3, -0.25) is 24.7 Å². The maximum Gasteiger partial charge on any atom is 0.322 e. The van der Waals surface area contributed by atoms with Gasteiger partial charge in [0.15, 0.2) is 5.54 Å². The van der Waals surface area contributed by atoms with Crippen LogP contribution in [-0.2, 0) is 10.3 Å². The Hall–Kier alpha value is -3.56. The van der Waals surface area contributed by atoms with Gasteiger partial charge in [0.05, 0.1) is 6.20 Å². The number of hydrogen-bond donors (Lipinski definition) is 3. The first-order chi connectivity index (χ1) is 13.5. The van der Waals surface area contributed by atoms with Gasteiger partial charge in [-0.1, -0.05) is 6.07 Å². The standard InChI is InChI=1S/C18H18N6O4/c25-14-10-20-13(9-21-14)15(26)24-6-3-11(4-7-24)18(12-2-1-5-19-8-12)16(27)22-17(28)23-18/h1-2,5,8-11H,3-4,6-7H2,(H,21,25)(H2,22,23,27,28)/t18-/m1/s1. The van der Waals surface area contributed by atoms with Crippen molar-refractivity contribution in [1.29, 1.82) is 0 Å². The van der Waals surface area contributed by atoms with Gasteiger partial charge >= 0.3 is 6.03 Å². The normalized spacial score (nSPS) is 22.6. The molecule has 4 rings (SSSR count). The number of nitrogens with one attached hydrogen (secondary N) is 3. The SMILES string of the molecule is O=C1NC(=O)[C@](c2cccnc2)(C2CCN(C(=O)c3c[nH]c(=O)cn3)CC2)N1. The molecule has 28 heavy (non-hydrogen) atoms. The average molecular weight is 382 g/mol. The van der Waals surface area contributed by atoms with Crippen molar-refractivity contribution in [2.24, 2.45) is 5.92 Å². The number of nitrogens with zero attached hydrogens (tertiary/aromatic N) is 3. The molecular weight excluding hydrogens is 364 g/mol. The topological polar surface area (TPSA) is 137 Å². The molecule has 0 unspecified atom stereocenters. The zero-order chi connectivity index (χ0) is 19.7. The predicted octanol–water partition coefficient (Wildman–Crippen LogP) is -0.248. The van der Waals surface area contributed by atoms with Crippen LogP contribution >= 0.6 is 0 Å². The van der Waals surface area contributed by atoms with Crippen LogP contribution in [0.15, 0.2) is 41.7 Å². The highest BCUT2D eigenvalue weighted by Crippen LogP contribution is 2.38. The molecule has 0 aromatic carbocycles. The zero-order valence-corrected chi connectivity index (χ0v) is 14.8. The van der Waals surface area contributed by atoms with Gasteiger partial charge in [-0.25, -0.2) is 9.78 Å². The largest absolute Gasteiger partial charge is 0.337 e.